The number of hydrogen-bond acceptors (Lipinski definition) is 6. The molecule has 1 aliphatic carbocycles. The van der Waals surface area contributed by atoms with Crippen molar-refractivity contribution in [1.29, 1.82) is 0 Å². The largest absolute Gasteiger partial charge is 0.482 e. The molecule has 1 saturated carbocycles. The molecule has 0 bridgehead atoms. The van der Waals surface area contributed by atoms with Gasteiger partial charge in [-0.1, -0.05) is 18.2 Å². The van der Waals surface area contributed by atoms with Crippen molar-refractivity contribution in [1.82, 2.24) is 5.32 Å². The number of rotatable bonds is 7. The summed E-state index contributed by atoms with van der Waals surface area (Å²) >= 11 is 3.77. The summed E-state index contributed by atoms with van der Waals surface area (Å²) in [6, 6.07) is 8.02. The molecule has 124 valence electrons. The predicted molar refractivity (Wildman–Crippen MR) is 91.7 cm³/mol. The lowest BCUT2D eigenvalue weighted by atomic mass is 10.2. The summed E-state index contributed by atoms with van der Waals surface area (Å²) in [5.41, 5.74) is 1.10. The molecular weight excluding hydrogens is 334 g/mol. The highest BCUT2D eigenvalue weighted by molar-refractivity contribution is 8.19. The Bertz CT molecular complexity index is 571. The zero-order valence-electron chi connectivity index (χ0n) is 12.7. The zero-order chi connectivity index (χ0) is 16.1. The molecule has 1 N–H and O–H groups in total. The first-order chi connectivity index (χ1) is 11.2. The summed E-state index contributed by atoms with van der Waals surface area (Å²) in [7, 11) is 0. The highest BCUT2D eigenvalue weighted by Gasteiger charge is 2.24. The minimum absolute atomic E-state index is 0.185. The zero-order valence-corrected chi connectivity index (χ0v) is 14.3. The highest BCUT2D eigenvalue weighted by atomic mass is 32.2. The number of ether oxygens (including phenoxy) is 2. The Morgan fingerprint density at radius 2 is 1.87 bits per heavy atom. The van der Waals surface area contributed by atoms with Crippen LogP contribution >= 0.6 is 23.5 Å². The van der Waals surface area contributed by atoms with Crippen LogP contribution < -0.4 is 10.1 Å². The summed E-state index contributed by atoms with van der Waals surface area (Å²) in [6.07, 6.45) is 2.02. The Kier molecular flexibility index (Phi) is 5.72. The van der Waals surface area contributed by atoms with E-state index in [9.17, 15) is 9.59 Å². The van der Waals surface area contributed by atoms with E-state index in [4.69, 9.17) is 9.47 Å². The Morgan fingerprint density at radius 1 is 1.13 bits per heavy atom. The molecule has 0 atom stereocenters. The van der Waals surface area contributed by atoms with Gasteiger partial charge in [0, 0.05) is 23.1 Å². The van der Waals surface area contributed by atoms with Crippen molar-refractivity contribution in [2.24, 2.45) is 0 Å². The molecule has 2 fully saturated rings. The molecule has 23 heavy (non-hydrogen) atoms. The Labute approximate surface area is 143 Å². The normalized spacial score (nSPS) is 17.7. The van der Waals surface area contributed by atoms with Crippen molar-refractivity contribution in [2.75, 3.05) is 24.7 Å². The third kappa shape index (κ3) is 5.07. The molecule has 0 radical (unpaired) electrons. The molecule has 0 aromatic heterocycles. The molecule has 1 amide bonds. The van der Waals surface area contributed by atoms with E-state index < -0.39 is 5.97 Å². The number of benzene rings is 1. The number of nitrogens with one attached hydrogen (secondary N) is 1. The molecule has 1 aromatic rings. The Morgan fingerprint density at radius 3 is 2.61 bits per heavy atom. The van der Waals surface area contributed by atoms with Gasteiger partial charge in [0.05, 0.1) is 4.58 Å². The fraction of sp³-hybridized carbons (Fsp3) is 0.500. The van der Waals surface area contributed by atoms with Crippen LogP contribution in [0.3, 0.4) is 0 Å². The van der Waals surface area contributed by atoms with Crippen LogP contribution in [0.1, 0.15) is 23.0 Å². The maximum absolute atomic E-state index is 11.7. The first-order valence-electron chi connectivity index (χ1n) is 7.62. The maximum atomic E-state index is 11.7. The third-order valence-corrected chi connectivity index (χ3v) is 6.51. The van der Waals surface area contributed by atoms with Crippen LogP contribution in [0.5, 0.6) is 5.75 Å². The lowest BCUT2D eigenvalue weighted by Gasteiger charge is -2.14. The van der Waals surface area contributed by atoms with Gasteiger partial charge < -0.3 is 14.8 Å². The topological polar surface area (TPSA) is 64.6 Å². The second-order valence-corrected chi connectivity index (χ2v) is 8.13. The minimum Gasteiger partial charge on any atom is -0.482 e. The van der Waals surface area contributed by atoms with Gasteiger partial charge in [0.25, 0.3) is 5.91 Å². The molecule has 3 rings (SSSR count). The number of amides is 1. The molecule has 5 nitrogen and oxygen atoms in total. The molecule has 0 unspecified atom stereocenters. The molecular formula is C16H19NO4S2. The van der Waals surface area contributed by atoms with Gasteiger partial charge in [0.1, 0.15) is 5.75 Å². The highest BCUT2D eigenvalue weighted by Crippen LogP contribution is 2.48. The van der Waals surface area contributed by atoms with Crippen LogP contribution in [0.4, 0.5) is 0 Å². The fourth-order valence-corrected chi connectivity index (χ4v) is 5.07. The van der Waals surface area contributed by atoms with E-state index in [1.165, 1.54) is 0 Å². The van der Waals surface area contributed by atoms with Gasteiger partial charge in [-0.05, 0) is 18.9 Å². The standard InChI is InChI=1S/C16H19NO4S2/c18-14(17-11-5-6-11)9-21-15(19)10-20-13-4-2-1-3-12(13)16-22-7-8-23-16/h1-4,11,16H,5-10H2,(H,17,18). The second-order valence-electron chi connectivity index (χ2n) is 5.40. The quantitative estimate of drug-likeness (QED) is 0.759. The number of thioether (sulfide) groups is 2. The second kappa shape index (κ2) is 7.97. The summed E-state index contributed by atoms with van der Waals surface area (Å²) < 4.78 is 10.9. The number of carbonyl (C=O) groups is 2. The summed E-state index contributed by atoms with van der Waals surface area (Å²) in [5.74, 6) is 2.18. The van der Waals surface area contributed by atoms with Crippen molar-refractivity contribution < 1.29 is 19.1 Å². The number of para-hydroxylation sites is 1. The average molecular weight is 353 g/mol. The molecule has 0 spiro atoms. The fourth-order valence-electron chi connectivity index (χ4n) is 2.17. The van der Waals surface area contributed by atoms with E-state index in [0.717, 1.165) is 29.9 Å². The first-order valence-corrected chi connectivity index (χ1v) is 9.72. The van der Waals surface area contributed by atoms with Crippen LogP contribution in [-0.2, 0) is 14.3 Å². The van der Waals surface area contributed by atoms with E-state index in [2.05, 4.69) is 5.32 Å². The summed E-state index contributed by atoms with van der Waals surface area (Å²) in [5, 5.41) is 2.77. The van der Waals surface area contributed by atoms with Gasteiger partial charge in [-0.15, -0.1) is 23.5 Å². The molecule has 1 aromatic carbocycles. The predicted octanol–water partition coefficient (Wildman–Crippen LogP) is 2.37. The molecule has 1 aliphatic heterocycles. The van der Waals surface area contributed by atoms with Crippen molar-refractivity contribution >= 4 is 35.4 Å². The van der Waals surface area contributed by atoms with Gasteiger partial charge in [-0.2, -0.15) is 0 Å². The molecule has 7 heteroatoms. The van der Waals surface area contributed by atoms with Crippen LogP contribution in [-0.4, -0.2) is 42.6 Å². The number of hydrogen-bond donors (Lipinski definition) is 1. The monoisotopic (exact) mass is 353 g/mol. The maximum Gasteiger partial charge on any atom is 0.344 e. The number of carbonyl (C=O) groups excluding carboxylic acids is 2. The lowest BCUT2D eigenvalue weighted by Crippen LogP contribution is -2.31. The van der Waals surface area contributed by atoms with Gasteiger partial charge in [0.15, 0.2) is 13.2 Å². The first kappa shape index (κ1) is 16.5. The molecule has 2 aliphatic rings. The van der Waals surface area contributed by atoms with Gasteiger partial charge in [0.2, 0.25) is 0 Å². The van der Waals surface area contributed by atoms with Crippen LogP contribution in [0.25, 0.3) is 0 Å². The summed E-state index contributed by atoms with van der Waals surface area (Å²) in [6.45, 7) is -0.426. The van der Waals surface area contributed by atoms with E-state index in [-0.39, 0.29) is 25.2 Å². The molecule has 1 saturated heterocycles. The van der Waals surface area contributed by atoms with E-state index in [0.29, 0.717) is 10.3 Å². The van der Waals surface area contributed by atoms with Gasteiger partial charge in [-0.3, -0.25) is 4.79 Å². The third-order valence-electron chi connectivity index (χ3n) is 3.45. The smallest absolute Gasteiger partial charge is 0.344 e. The Balaban J connectivity index is 1.45. The van der Waals surface area contributed by atoms with E-state index in [1.807, 2.05) is 47.8 Å². The van der Waals surface area contributed by atoms with E-state index >= 15 is 0 Å². The SMILES string of the molecule is O=C(COC(=O)COc1ccccc1C1SCCS1)NC1CC1. The lowest BCUT2D eigenvalue weighted by molar-refractivity contribution is -0.150. The van der Waals surface area contributed by atoms with Gasteiger partial charge in [-0.25, -0.2) is 4.79 Å². The van der Waals surface area contributed by atoms with Crippen molar-refractivity contribution in [3.8, 4) is 5.75 Å². The number of esters is 1. The molecule has 1 heterocycles. The van der Waals surface area contributed by atoms with Gasteiger partial charge >= 0.3 is 5.97 Å². The van der Waals surface area contributed by atoms with Crippen molar-refractivity contribution in [3.63, 3.8) is 0 Å². The van der Waals surface area contributed by atoms with E-state index in [1.54, 1.807) is 0 Å². The minimum atomic E-state index is -0.530. The van der Waals surface area contributed by atoms with Crippen LogP contribution in [0.15, 0.2) is 24.3 Å². The summed E-state index contributed by atoms with van der Waals surface area (Å²) in [4.78, 5) is 23.2. The van der Waals surface area contributed by atoms with Crippen molar-refractivity contribution in [2.45, 2.75) is 23.5 Å². The van der Waals surface area contributed by atoms with Crippen LogP contribution in [0, 0.1) is 0 Å². The average Bonchev–Trinajstić information content (AvgIpc) is 3.20. The van der Waals surface area contributed by atoms with Crippen molar-refractivity contribution in [3.05, 3.63) is 29.8 Å². The van der Waals surface area contributed by atoms with Crippen LogP contribution in [0.2, 0.25) is 0 Å². The Hall–Kier alpha value is -1.34.